The van der Waals surface area contributed by atoms with Gasteiger partial charge < -0.3 is 10.5 Å². The second-order valence-corrected chi connectivity index (χ2v) is 4.76. The van der Waals surface area contributed by atoms with E-state index in [4.69, 9.17) is 10.5 Å². The number of hydrogen-bond donors (Lipinski definition) is 1. The molecule has 0 saturated carbocycles. The third kappa shape index (κ3) is 2.06. The van der Waals surface area contributed by atoms with Gasteiger partial charge in [-0.25, -0.2) is 0 Å². The summed E-state index contributed by atoms with van der Waals surface area (Å²) in [6.45, 7) is 1.65. The Kier molecular flexibility index (Phi) is 2.83. The molecule has 3 rings (SSSR count). The molecular formula is C15H17NO. The summed E-state index contributed by atoms with van der Waals surface area (Å²) in [7, 11) is 0. The summed E-state index contributed by atoms with van der Waals surface area (Å²) in [6.07, 6.45) is 1.08. The van der Waals surface area contributed by atoms with Crippen molar-refractivity contribution < 1.29 is 4.74 Å². The van der Waals surface area contributed by atoms with Crippen molar-refractivity contribution in [2.75, 3.05) is 13.2 Å². The molecule has 0 aliphatic carbocycles. The van der Waals surface area contributed by atoms with E-state index in [1.807, 2.05) is 0 Å². The second kappa shape index (κ2) is 4.47. The van der Waals surface area contributed by atoms with E-state index >= 15 is 0 Å². The summed E-state index contributed by atoms with van der Waals surface area (Å²) >= 11 is 0. The lowest BCUT2D eigenvalue weighted by Gasteiger charge is -2.18. The van der Waals surface area contributed by atoms with Crippen molar-refractivity contribution in [2.45, 2.75) is 12.5 Å². The number of ether oxygens (including phenoxy) is 1. The van der Waals surface area contributed by atoms with Gasteiger partial charge in [0.1, 0.15) is 0 Å². The summed E-state index contributed by atoms with van der Waals surface area (Å²) in [5, 5.41) is 2.53. The Balaban J connectivity index is 1.94. The molecule has 88 valence electrons. The van der Waals surface area contributed by atoms with Crippen molar-refractivity contribution in [3.05, 3.63) is 48.0 Å². The lowest BCUT2D eigenvalue weighted by molar-refractivity contribution is 0.181. The van der Waals surface area contributed by atoms with Crippen LogP contribution in [0.1, 0.15) is 18.0 Å². The molecule has 2 heteroatoms. The lowest BCUT2D eigenvalue weighted by atomic mass is 9.92. The molecule has 2 atom stereocenters. The maximum atomic E-state index is 6.31. The Morgan fingerprint density at radius 3 is 2.71 bits per heavy atom. The van der Waals surface area contributed by atoms with Crippen LogP contribution in [-0.2, 0) is 4.74 Å². The zero-order valence-corrected chi connectivity index (χ0v) is 9.80. The Labute approximate surface area is 101 Å². The van der Waals surface area contributed by atoms with Crippen LogP contribution in [0, 0.1) is 5.92 Å². The van der Waals surface area contributed by atoms with E-state index < -0.39 is 0 Å². The van der Waals surface area contributed by atoms with Gasteiger partial charge in [-0.15, -0.1) is 0 Å². The first-order valence-corrected chi connectivity index (χ1v) is 6.16. The van der Waals surface area contributed by atoms with E-state index in [1.54, 1.807) is 0 Å². The van der Waals surface area contributed by atoms with Crippen LogP contribution in [0.3, 0.4) is 0 Å². The summed E-state index contributed by atoms with van der Waals surface area (Å²) in [6, 6.07) is 15.0. The largest absolute Gasteiger partial charge is 0.381 e. The molecule has 2 unspecified atom stereocenters. The molecule has 0 aromatic heterocycles. The predicted molar refractivity (Wildman–Crippen MR) is 69.8 cm³/mol. The molecule has 2 N–H and O–H groups in total. The highest BCUT2D eigenvalue weighted by Crippen LogP contribution is 2.28. The maximum absolute atomic E-state index is 6.31. The van der Waals surface area contributed by atoms with Gasteiger partial charge in [0.05, 0.1) is 6.61 Å². The minimum atomic E-state index is 0.0992. The van der Waals surface area contributed by atoms with Gasteiger partial charge in [0.2, 0.25) is 0 Å². The van der Waals surface area contributed by atoms with E-state index in [0.717, 1.165) is 19.6 Å². The summed E-state index contributed by atoms with van der Waals surface area (Å²) in [5.74, 6) is 0.469. The van der Waals surface area contributed by atoms with E-state index in [0.29, 0.717) is 5.92 Å². The van der Waals surface area contributed by atoms with Crippen molar-refractivity contribution in [3.63, 3.8) is 0 Å². The van der Waals surface area contributed by atoms with Crippen molar-refractivity contribution in [1.29, 1.82) is 0 Å². The standard InChI is InChI=1S/C15H17NO/c16-15(14-7-8-17-10-14)13-6-5-11-3-1-2-4-12(11)9-13/h1-6,9,14-15H,7-8,10,16H2. The van der Waals surface area contributed by atoms with Gasteiger partial charge in [-0.1, -0.05) is 36.4 Å². The van der Waals surface area contributed by atoms with Crippen molar-refractivity contribution in [3.8, 4) is 0 Å². The summed E-state index contributed by atoms with van der Waals surface area (Å²) in [5.41, 5.74) is 7.53. The minimum absolute atomic E-state index is 0.0992. The Hall–Kier alpha value is -1.38. The van der Waals surface area contributed by atoms with Gasteiger partial charge in [-0.3, -0.25) is 0 Å². The van der Waals surface area contributed by atoms with Crippen LogP contribution in [0.15, 0.2) is 42.5 Å². The first-order valence-electron chi connectivity index (χ1n) is 6.16. The first kappa shape index (κ1) is 10.8. The van der Waals surface area contributed by atoms with Gasteiger partial charge in [0.15, 0.2) is 0 Å². The molecule has 2 aromatic carbocycles. The molecule has 2 nitrogen and oxygen atoms in total. The SMILES string of the molecule is NC(c1ccc2ccccc2c1)C1CCOC1. The van der Waals surface area contributed by atoms with Crippen LogP contribution in [0.4, 0.5) is 0 Å². The highest BCUT2D eigenvalue weighted by molar-refractivity contribution is 5.83. The van der Waals surface area contributed by atoms with Gasteiger partial charge in [-0.2, -0.15) is 0 Å². The second-order valence-electron chi connectivity index (χ2n) is 4.76. The molecule has 1 saturated heterocycles. The molecule has 1 aliphatic rings. The van der Waals surface area contributed by atoms with Crippen molar-refractivity contribution in [1.82, 2.24) is 0 Å². The fraction of sp³-hybridized carbons (Fsp3) is 0.333. The zero-order chi connectivity index (χ0) is 11.7. The van der Waals surface area contributed by atoms with Gasteiger partial charge in [0, 0.05) is 18.6 Å². The van der Waals surface area contributed by atoms with E-state index in [2.05, 4.69) is 42.5 Å². The summed E-state index contributed by atoms with van der Waals surface area (Å²) < 4.78 is 5.41. The average molecular weight is 227 g/mol. The van der Waals surface area contributed by atoms with Gasteiger partial charge in [-0.05, 0) is 28.8 Å². The molecule has 1 aliphatic heterocycles. The van der Waals surface area contributed by atoms with Crippen molar-refractivity contribution in [2.24, 2.45) is 11.7 Å². The zero-order valence-electron chi connectivity index (χ0n) is 9.80. The number of hydrogen-bond acceptors (Lipinski definition) is 2. The van der Waals surface area contributed by atoms with Gasteiger partial charge >= 0.3 is 0 Å². The van der Waals surface area contributed by atoms with E-state index in [1.165, 1.54) is 16.3 Å². The smallest absolute Gasteiger partial charge is 0.0513 e. The normalized spacial score (nSPS) is 21.8. The van der Waals surface area contributed by atoms with Crippen LogP contribution in [0.5, 0.6) is 0 Å². The molecule has 0 amide bonds. The Morgan fingerprint density at radius 2 is 1.94 bits per heavy atom. The van der Waals surface area contributed by atoms with Crippen LogP contribution in [0.25, 0.3) is 10.8 Å². The van der Waals surface area contributed by atoms with E-state index in [-0.39, 0.29) is 6.04 Å². The Morgan fingerprint density at radius 1 is 1.12 bits per heavy atom. The monoisotopic (exact) mass is 227 g/mol. The Bertz CT molecular complexity index is 517. The molecule has 0 radical (unpaired) electrons. The van der Waals surface area contributed by atoms with Gasteiger partial charge in [0.25, 0.3) is 0 Å². The molecule has 0 spiro atoms. The molecular weight excluding hydrogens is 210 g/mol. The molecule has 17 heavy (non-hydrogen) atoms. The summed E-state index contributed by atoms with van der Waals surface area (Å²) in [4.78, 5) is 0. The van der Waals surface area contributed by atoms with Crippen LogP contribution < -0.4 is 5.73 Å². The quantitative estimate of drug-likeness (QED) is 0.856. The number of fused-ring (bicyclic) bond motifs is 1. The van der Waals surface area contributed by atoms with E-state index in [9.17, 15) is 0 Å². The fourth-order valence-corrected chi connectivity index (χ4v) is 2.52. The molecule has 0 bridgehead atoms. The predicted octanol–water partition coefficient (Wildman–Crippen LogP) is 2.88. The number of rotatable bonds is 2. The molecule has 1 fully saturated rings. The minimum Gasteiger partial charge on any atom is -0.381 e. The first-order chi connectivity index (χ1) is 8.34. The highest BCUT2D eigenvalue weighted by atomic mass is 16.5. The third-order valence-corrected chi connectivity index (χ3v) is 3.63. The topological polar surface area (TPSA) is 35.2 Å². The van der Waals surface area contributed by atoms with Crippen molar-refractivity contribution >= 4 is 10.8 Å². The van der Waals surface area contributed by atoms with Crippen LogP contribution in [-0.4, -0.2) is 13.2 Å². The fourth-order valence-electron chi connectivity index (χ4n) is 2.52. The third-order valence-electron chi connectivity index (χ3n) is 3.63. The maximum Gasteiger partial charge on any atom is 0.0513 e. The highest BCUT2D eigenvalue weighted by Gasteiger charge is 2.23. The number of benzene rings is 2. The lowest BCUT2D eigenvalue weighted by Crippen LogP contribution is -2.21. The molecule has 2 aromatic rings. The van der Waals surface area contributed by atoms with Crippen LogP contribution >= 0.6 is 0 Å². The van der Waals surface area contributed by atoms with Crippen LogP contribution in [0.2, 0.25) is 0 Å². The average Bonchev–Trinajstić information content (AvgIpc) is 2.91. The number of nitrogens with two attached hydrogens (primary N) is 1. The molecule has 1 heterocycles.